The number of anilines is 2. The van der Waals surface area contributed by atoms with Crippen LogP contribution in [0.4, 0.5) is 15.8 Å². The Kier molecular flexibility index (Phi) is 6.62. The summed E-state index contributed by atoms with van der Waals surface area (Å²) in [7, 11) is 0. The Bertz CT molecular complexity index is 856. The number of carbonyl (C=O) groups excluding carboxylic acids is 1. The van der Waals surface area contributed by atoms with E-state index in [1.807, 2.05) is 6.07 Å². The molecule has 1 fully saturated rings. The molecule has 1 aliphatic rings. The number of benzene rings is 2. The van der Waals surface area contributed by atoms with E-state index in [9.17, 15) is 9.18 Å². The highest BCUT2D eigenvalue weighted by molar-refractivity contribution is 5.95. The summed E-state index contributed by atoms with van der Waals surface area (Å²) in [5.41, 5.74) is 2.67. The summed E-state index contributed by atoms with van der Waals surface area (Å²) in [5.74, 6) is -0.623. The highest BCUT2D eigenvalue weighted by Crippen LogP contribution is 2.21. The zero-order valence-electron chi connectivity index (χ0n) is 16.1. The van der Waals surface area contributed by atoms with Gasteiger partial charge in [0.25, 0.3) is 0 Å². The van der Waals surface area contributed by atoms with E-state index in [1.54, 1.807) is 18.2 Å². The van der Waals surface area contributed by atoms with Crippen LogP contribution in [0.25, 0.3) is 0 Å². The third kappa shape index (κ3) is 4.87. The van der Waals surface area contributed by atoms with Crippen molar-refractivity contribution in [1.29, 1.82) is 5.26 Å². The van der Waals surface area contributed by atoms with E-state index in [4.69, 9.17) is 5.26 Å². The molecule has 0 radical (unpaired) electrons. The zero-order valence-corrected chi connectivity index (χ0v) is 16.1. The highest BCUT2D eigenvalue weighted by Gasteiger charge is 2.24. The Morgan fingerprint density at radius 3 is 2.57 bits per heavy atom. The predicted octanol–water partition coefficient (Wildman–Crippen LogP) is 3.20. The number of hydrogen-bond acceptors (Lipinski definition) is 4. The summed E-state index contributed by atoms with van der Waals surface area (Å²) < 4.78 is 14.2. The topological polar surface area (TPSA) is 50.6 Å². The van der Waals surface area contributed by atoms with Gasteiger partial charge in [-0.25, -0.2) is 4.39 Å². The number of nitriles is 1. The second-order valence-electron chi connectivity index (χ2n) is 7.01. The molecule has 0 spiro atoms. The second-order valence-corrected chi connectivity index (χ2v) is 7.01. The average molecular weight is 380 g/mol. The van der Waals surface area contributed by atoms with Gasteiger partial charge in [0.1, 0.15) is 5.82 Å². The first-order chi connectivity index (χ1) is 13.6. The Hall–Kier alpha value is -2.91. The molecule has 2 aromatic rings. The molecule has 5 nitrogen and oxygen atoms in total. The molecule has 28 heavy (non-hydrogen) atoms. The Labute approximate surface area is 165 Å². The van der Waals surface area contributed by atoms with Crippen LogP contribution < -0.4 is 9.80 Å². The molecule has 0 bridgehead atoms. The fourth-order valence-corrected chi connectivity index (χ4v) is 3.48. The van der Waals surface area contributed by atoms with Crippen molar-refractivity contribution in [2.24, 2.45) is 0 Å². The number of piperazine rings is 1. The second kappa shape index (κ2) is 9.34. The van der Waals surface area contributed by atoms with Gasteiger partial charge in [0, 0.05) is 38.4 Å². The van der Waals surface area contributed by atoms with Gasteiger partial charge in [-0.15, -0.1) is 0 Å². The van der Waals surface area contributed by atoms with Gasteiger partial charge in [0.15, 0.2) is 0 Å². The Morgan fingerprint density at radius 1 is 1.14 bits per heavy atom. The SMILES string of the molecule is Cc1cccc(N2CCN(CC(=O)N(CCC#N)c3ccccc3F)CC2)c1. The minimum atomic E-state index is -0.446. The number of para-hydroxylation sites is 1. The first-order valence-electron chi connectivity index (χ1n) is 9.54. The monoisotopic (exact) mass is 380 g/mol. The molecule has 0 aliphatic carbocycles. The van der Waals surface area contributed by atoms with Crippen molar-refractivity contribution in [2.75, 3.05) is 49.1 Å². The summed E-state index contributed by atoms with van der Waals surface area (Å²) in [5, 5.41) is 8.89. The summed E-state index contributed by atoms with van der Waals surface area (Å²) >= 11 is 0. The maximum absolute atomic E-state index is 14.2. The van der Waals surface area contributed by atoms with E-state index in [-0.39, 0.29) is 31.1 Å². The fourth-order valence-electron chi connectivity index (χ4n) is 3.48. The standard InChI is InChI=1S/C22H25FN4O/c1-18-6-4-7-19(16-18)26-14-12-25(13-15-26)17-22(28)27(11-5-10-24)21-9-3-2-8-20(21)23/h2-4,6-9,16H,5,11-15,17H2,1H3. The molecular formula is C22H25FN4O. The molecule has 0 saturated carbocycles. The largest absolute Gasteiger partial charge is 0.369 e. The van der Waals surface area contributed by atoms with Crippen LogP contribution in [0.2, 0.25) is 0 Å². The van der Waals surface area contributed by atoms with Gasteiger partial charge < -0.3 is 9.80 Å². The normalized spacial score (nSPS) is 14.5. The number of rotatable bonds is 6. The third-order valence-corrected chi connectivity index (χ3v) is 4.99. The van der Waals surface area contributed by atoms with Crippen molar-refractivity contribution >= 4 is 17.3 Å². The van der Waals surface area contributed by atoms with Crippen LogP contribution in [0.15, 0.2) is 48.5 Å². The minimum Gasteiger partial charge on any atom is -0.369 e. The predicted molar refractivity (Wildman–Crippen MR) is 109 cm³/mol. The van der Waals surface area contributed by atoms with Crippen molar-refractivity contribution in [1.82, 2.24) is 4.90 Å². The molecule has 0 aromatic heterocycles. The Morgan fingerprint density at radius 2 is 1.89 bits per heavy atom. The van der Waals surface area contributed by atoms with Crippen LogP contribution in [0.5, 0.6) is 0 Å². The lowest BCUT2D eigenvalue weighted by Crippen LogP contribution is -2.50. The van der Waals surface area contributed by atoms with E-state index in [0.29, 0.717) is 0 Å². The molecule has 0 atom stereocenters. The smallest absolute Gasteiger partial charge is 0.241 e. The van der Waals surface area contributed by atoms with E-state index in [1.165, 1.54) is 22.2 Å². The average Bonchev–Trinajstić information content (AvgIpc) is 2.70. The van der Waals surface area contributed by atoms with Gasteiger partial charge >= 0.3 is 0 Å². The van der Waals surface area contributed by atoms with Crippen molar-refractivity contribution in [3.63, 3.8) is 0 Å². The maximum Gasteiger partial charge on any atom is 0.241 e. The quantitative estimate of drug-likeness (QED) is 0.772. The lowest BCUT2D eigenvalue weighted by atomic mass is 10.2. The summed E-state index contributed by atoms with van der Waals surface area (Å²) in [6.07, 6.45) is 0.168. The first kappa shape index (κ1) is 19.8. The van der Waals surface area contributed by atoms with Crippen molar-refractivity contribution in [3.8, 4) is 6.07 Å². The van der Waals surface area contributed by atoms with E-state index in [0.717, 1.165) is 26.2 Å². The number of aryl methyl sites for hydroxylation is 1. The van der Waals surface area contributed by atoms with Gasteiger partial charge in [-0.05, 0) is 36.8 Å². The lowest BCUT2D eigenvalue weighted by molar-refractivity contribution is -0.119. The number of carbonyl (C=O) groups is 1. The molecule has 0 N–H and O–H groups in total. The van der Waals surface area contributed by atoms with Crippen LogP contribution in [0.1, 0.15) is 12.0 Å². The van der Waals surface area contributed by atoms with Crippen molar-refractivity contribution < 1.29 is 9.18 Å². The lowest BCUT2D eigenvalue weighted by Gasteiger charge is -2.36. The van der Waals surface area contributed by atoms with Crippen LogP contribution in [-0.2, 0) is 4.79 Å². The van der Waals surface area contributed by atoms with E-state index in [2.05, 4.69) is 41.0 Å². The maximum atomic E-state index is 14.2. The van der Waals surface area contributed by atoms with Gasteiger partial charge in [0.2, 0.25) is 5.91 Å². The zero-order chi connectivity index (χ0) is 19.9. The van der Waals surface area contributed by atoms with Gasteiger partial charge in [-0.2, -0.15) is 5.26 Å². The van der Waals surface area contributed by atoms with Gasteiger partial charge in [-0.3, -0.25) is 9.69 Å². The van der Waals surface area contributed by atoms with E-state index >= 15 is 0 Å². The van der Waals surface area contributed by atoms with Crippen molar-refractivity contribution in [2.45, 2.75) is 13.3 Å². The molecule has 3 rings (SSSR count). The number of halogens is 1. The van der Waals surface area contributed by atoms with Gasteiger partial charge in [-0.1, -0.05) is 24.3 Å². The fraction of sp³-hybridized carbons (Fsp3) is 0.364. The number of nitrogens with zero attached hydrogens (tertiary/aromatic N) is 4. The minimum absolute atomic E-state index is 0.168. The highest BCUT2D eigenvalue weighted by atomic mass is 19.1. The summed E-state index contributed by atoms with van der Waals surface area (Å²) in [6.45, 7) is 5.72. The number of amides is 1. The number of hydrogen-bond donors (Lipinski definition) is 0. The van der Waals surface area contributed by atoms with Crippen LogP contribution >= 0.6 is 0 Å². The van der Waals surface area contributed by atoms with E-state index < -0.39 is 5.82 Å². The molecule has 2 aromatic carbocycles. The molecule has 146 valence electrons. The summed E-state index contributed by atoms with van der Waals surface area (Å²) in [6, 6.07) is 16.7. The molecule has 1 amide bonds. The van der Waals surface area contributed by atoms with Crippen LogP contribution in [0, 0.1) is 24.1 Å². The molecular weight excluding hydrogens is 355 g/mol. The first-order valence-corrected chi connectivity index (χ1v) is 9.54. The summed E-state index contributed by atoms with van der Waals surface area (Å²) in [4.78, 5) is 18.7. The van der Waals surface area contributed by atoms with Crippen molar-refractivity contribution in [3.05, 3.63) is 59.9 Å². The molecule has 1 aliphatic heterocycles. The molecule has 6 heteroatoms. The third-order valence-electron chi connectivity index (χ3n) is 4.99. The van der Waals surface area contributed by atoms with Crippen LogP contribution in [-0.4, -0.2) is 50.1 Å². The van der Waals surface area contributed by atoms with Crippen LogP contribution in [0.3, 0.4) is 0 Å². The molecule has 0 unspecified atom stereocenters. The Balaban J connectivity index is 1.61. The molecule has 1 heterocycles. The van der Waals surface area contributed by atoms with Gasteiger partial charge in [0.05, 0.1) is 24.7 Å². The molecule has 1 saturated heterocycles.